The summed E-state index contributed by atoms with van der Waals surface area (Å²) in [5, 5.41) is 13.1. The van der Waals surface area contributed by atoms with Gasteiger partial charge in [0.25, 0.3) is 5.91 Å². The second-order valence-electron chi connectivity index (χ2n) is 7.98. The summed E-state index contributed by atoms with van der Waals surface area (Å²) < 4.78 is 14.2. The third-order valence-electron chi connectivity index (χ3n) is 5.27. The summed E-state index contributed by atoms with van der Waals surface area (Å²) in [6.45, 7) is 5.18. The summed E-state index contributed by atoms with van der Waals surface area (Å²) in [5.74, 6) is 0.343. The number of anilines is 1. The quantitative estimate of drug-likeness (QED) is 0.802. The van der Waals surface area contributed by atoms with E-state index in [1.165, 1.54) is 6.07 Å². The van der Waals surface area contributed by atoms with E-state index in [1.54, 1.807) is 30.5 Å². The van der Waals surface area contributed by atoms with E-state index < -0.39 is 5.41 Å². The molecule has 2 heterocycles. The Balaban J connectivity index is 1.80. The Morgan fingerprint density at radius 2 is 2.14 bits per heavy atom. The highest BCUT2D eigenvalue weighted by Crippen LogP contribution is 2.35. The maximum absolute atomic E-state index is 14.2. The van der Waals surface area contributed by atoms with Crippen LogP contribution in [0.2, 0.25) is 0 Å². The molecule has 1 aliphatic heterocycles. The molecule has 0 aliphatic carbocycles. The maximum Gasteiger partial charge on any atom is 0.251 e. The summed E-state index contributed by atoms with van der Waals surface area (Å²) in [4.78, 5) is 18.8. The molecule has 1 aromatic carbocycles. The lowest BCUT2D eigenvalue weighted by Crippen LogP contribution is -2.47. The van der Waals surface area contributed by atoms with Gasteiger partial charge in [-0.15, -0.1) is 0 Å². The minimum atomic E-state index is -0.432. The van der Waals surface area contributed by atoms with Crippen molar-refractivity contribution < 1.29 is 14.3 Å². The van der Waals surface area contributed by atoms with Gasteiger partial charge in [-0.3, -0.25) is 4.79 Å². The largest absolute Gasteiger partial charge is 0.396 e. The van der Waals surface area contributed by atoms with Gasteiger partial charge in [0.15, 0.2) is 0 Å². The first kappa shape index (κ1) is 20.3. The number of aromatic nitrogens is 1. The molecule has 1 aromatic heterocycles. The molecule has 28 heavy (non-hydrogen) atoms. The van der Waals surface area contributed by atoms with Crippen LogP contribution in [0.15, 0.2) is 42.6 Å². The smallest absolute Gasteiger partial charge is 0.251 e. The number of carbonyl (C=O) groups is 1. The van der Waals surface area contributed by atoms with Gasteiger partial charge in [-0.1, -0.05) is 18.2 Å². The summed E-state index contributed by atoms with van der Waals surface area (Å²) >= 11 is 0. The highest BCUT2D eigenvalue weighted by Gasteiger charge is 2.36. The lowest BCUT2D eigenvalue weighted by Gasteiger charge is -2.42. The zero-order valence-corrected chi connectivity index (χ0v) is 16.5. The second-order valence-corrected chi connectivity index (χ2v) is 7.98. The minimum absolute atomic E-state index is 0.0225. The van der Waals surface area contributed by atoms with E-state index in [-0.39, 0.29) is 24.4 Å². The molecular weight excluding hydrogens is 357 g/mol. The van der Waals surface area contributed by atoms with Gasteiger partial charge in [0, 0.05) is 36.3 Å². The topological polar surface area (TPSA) is 65.5 Å². The number of piperidine rings is 1. The summed E-state index contributed by atoms with van der Waals surface area (Å²) in [6, 6.07) is 10.3. The average Bonchev–Trinajstić information content (AvgIpc) is 2.69. The normalized spacial score (nSPS) is 19.7. The number of aliphatic hydroxyl groups excluding tert-OH is 1. The lowest BCUT2D eigenvalue weighted by molar-refractivity contribution is 0.0942. The van der Waals surface area contributed by atoms with Crippen LogP contribution in [0.1, 0.15) is 42.6 Å². The molecule has 2 aromatic rings. The van der Waals surface area contributed by atoms with Crippen LogP contribution in [-0.4, -0.2) is 41.7 Å². The standard InChI is InChI=1S/C22H28FN3O2/c1-16(2)25-21(28)17-8-10-24-20(12-17)26-11-5-9-22(14-26,15-27)13-18-6-3-4-7-19(18)23/h3-4,6-8,10,12,16,27H,5,9,11,13-15H2,1-2H3,(H,25,28). The molecule has 0 saturated carbocycles. The summed E-state index contributed by atoms with van der Waals surface area (Å²) in [6.07, 6.45) is 3.80. The van der Waals surface area contributed by atoms with Crippen LogP contribution in [0.25, 0.3) is 0 Å². The number of hydrogen-bond donors (Lipinski definition) is 2. The first-order chi connectivity index (χ1) is 13.4. The molecule has 150 valence electrons. The number of nitrogens with zero attached hydrogens (tertiary/aromatic N) is 2. The fraction of sp³-hybridized carbons (Fsp3) is 0.455. The van der Waals surface area contributed by atoms with E-state index in [0.717, 1.165) is 19.4 Å². The highest BCUT2D eigenvalue weighted by molar-refractivity contribution is 5.95. The highest BCUT2D eigenvalue weighted by atomic mass is 19.1. The number of halogens is 1. The first-order valence-corrected chi connectivity index (χ1v) is 9.79. The Morgan fingerprint density at radius 1 is 1.36 bits per heavy atom. The molecule has 1 saturated heterocycles. The minimum Gasteiger partial charge on any atom is -0.396 e. The molecule has 2 N–H and O–H groups in total. The lowest BCUT2D eigenvalue weighted by atomic mass is 9.75. The molecule has 1 aliphatic rings. The molecular formula is C22H28FN3O2. The Labute approximate surface area is 165 Å². The van der Waals surface area contributed by atoms with E-state index in [0.29, 0.717) is 29.9 Å². The van der Waals surface area contributed by atoms with Crippen LogP contribution in [0, 0.1) is 11.2 Å². The van der Waals surface area contributed by atoms with Gasteiger partial charge >= 0.3 is 0 Å². The van der Waals surface area contributed by atoms with Crippen molar-refractivity contribution in [3.05, 3.63) is 59.5 Å². The number of aliphatic hydroxyl groups is 1. The van der Waals surface area contributed by atoms with E-state index in [1.807, 2.05) is 19.9 Å². The van der Waals surface area contributed by atoms with Gasteiger partial charge in [0.2, 0.25) is 0 Å². The van der Waals surface area contributed by atoms with Gasteiger partial charge in [-0.2, -0.15) is 0 Å². The fourth-order valence-electron chi connectivity index (χ4n) is 3.86. The van der Waals surface area contributed by atoms with Crippen LogP contribution in [0.4, 0.5) is 10.2 Å². The van der Waals surface area contributed by atoms with Crippen molar-refractivity contribution in [3.63, 3.8) is 0 Å². The van der Waals surface area contributed by atoms with Gasteiger partial charge in [-0.05, 0) is 56.9 Å². The van der Waals surface area contributed by atoms with Gasteiger partial charge in [0.05, 0.1) is 6.61 Å². The van der Waals surface area contributed by atoms with Gasteiger partial charge in [-0.25, -0.2) is 9.37 Å². The first-order valence-electron chi connectivity index (χ1n) is 9.79. The second kappa shape index (κ2) is 8.69. The van der Waals surface area contributed by atoms with Crippen molar-refractivity contribution in [2.24, 2.45) is 5.41 Å². The van der Waals surface area contributed by atoms with E-state index in [2.05, 4.69) is 15.2 Å². The Morgan fingerprint density at radius 3 is 2.86 bits per heavy atom. The molecule has 1 unspecified atom stereocenters. The zero-order chi connectivity index (χ0) is 20.1. The van der Waals surface area contributed by atoms with Crippen molar-refractivity contribution in [1.82, 2.24) is 10.3 Å². The number of amides is 1. The van der Waals surface area contributed by atoms with Crippen LogP contribution in [0.5, 0.6) is 0 Å². The van der Waals surface area contributed by atoms with E-state index in [4.69, 9.17) is 0 Å². The average molecular weight is 385 g/mol. The zero-order valence-electron chi connectivity index (χ0n) is 16.5. The molecule has 1 atom stereocenters. The van der Waals surface area contributed by atoms with Gasteiger partial charge < -0.3 is 15.3 Å². The molecule has 0 radical (unpaired) electrons. The molecule has 3 rings (SSSR count). The number of rotatable bonds is 6. The molecule has 0 spiro atoms. The molecule has 1 amide bonds. The van der Waals surface area contributed by atoms with Crippen molar-refractivity contribution in [2.75, 3.05) is 24.6 Å². The van der Waals surface area contributed by atoms with Crippen LogP contribution < -0.4 is 10.2 Å². The summed E-state index contributed by atoms with van der Waals surface area (Å²) in [5.41, 5.74) is 0.752. The summed E-state index contributed by atoms with van der Waals surface area (Å²) in [7, 11) is 0. The third kappa shape index (κ3) is 4.68. The van der Waals surface area contributed by atoms with Crippen LogP contribution in [-0.2, 0) is 6.42 Å². The molecule has 5 nitrogen and oxygen atoms in total. The number of hydrogen-bond acceptors (Lipinski definition) is 4. The molecule has 6 heteroatoms. The number of benzene rings is 1. The fourth-order valence-corrected chi connectivity index (χ4v) is 3.86. The SMILES string of the molecule is CC(C)NC(=O)c1ccnc(N2CCCC(CO)(Cc3ccccc3F)C2)c1. The molecule has 1 fully saturated rings. The van der Waals surface area contributed by atoms with Crippen molar-refractivity contribution in [1.29, 1.82) is 0 Å². The van der Waals surface area contributed by atoms with E-state index in [9.17, 15) is 14.3 Å². The molecule has 0 bridgehead atoms. The maximum atomic E-state index is 14.2. The Hall–Kier alpha value is -2.47. The van der Waals surface area contributed by atoms with Gasteiger partial charge in [0.1, 0.15) is 11.6 Å². The van der Waals surface area contributed by atoms with E-state index >= 15 is 0 Å². The monoisotopic (exact) mass is 385 g/mol. The number of pyridine rings is 1. The number of nitrogens with one attached hydrogen (secondary N) is 1. The van der Waals surface area contributed by atoms with Crippen LogP contribution in [0.3, 0.4) is 0 Å². The Bertz CT molecular complexity index is 827. The van der Waals surface area contributed by atoms with Crippen molar-refractivity contribution in [3.8, 4) is 0 Å². The van der Waals surface area contributed by atoms with Crippen LogP contribution >= 0.6 is 0 Å². The Kier molecular flexibility index (Phi) is 6.29. The van der Waals surface area contributed by atoms with Crippen molar-refractivity contribution >= 4 is 11.7 Å². The van der Waals surface area contributed by atoms with Crippen molar-refractivity contribution in [2.45, 2.75) is 39.2 Å². The predicted molar refractivity (Wildman–Crippen MR) is 108 cm³/mol. The predicted octanol–water partition coefficient (Wildman–Crippen LogP) is 3.18. The third-order valence-corrected chi connectivity index (χ3v) is 5.27. The number of carbonyl (C=O) groups excluding carboxylic acids is 1.